The molecular formula is C22H24N4O2. The van der Waals surface area contributed by atoms with Crippen molar-refractivity contribution in [1.82, 2.24) is 19.7 Å². The summed E-state index contributed by atoms with van der Waals surface area (Å²) in [6.07, 6.45) is 5.29. The summed E-state index contributed by atoms with van der Waals surface area (Å²) in [6.45, 7) is 2.74. The van der Waals surface area contributed by atoms with Crippen molar-refractivity contribution in [2.75, 3.05) is 13.7 Å². The van der Waals surface area contributed by atoms with E-state index in [-0.39, 0.29) is 11.9 Å². The highest BCUT2D eigenvalue weighted by Crippen LogP contribution is 2.34. The second-order valence-electron chi connectivity index (χ2n) is 7.21. The van der Waals surface area contributed by atoms with Crippen molar-refractivity contribution >= 4 is 5.91 Å². The summed E-state index contributed by atoms with van der Waals surface area (Å²) in [5, 5.41) is 4.13. The Labute approximate surface area is 164 Å². The van der Waals surface area contributed by atoms with Crippen LogP contribution in [0.4, 0.5) is 0 Å². The number of nitrogens with zero attached hydrogens (tertiary/aromatic N) is 4. The van der Waals surface area contributed by atoms with Gasteiger partial charge in [-0.1, -0.05) is 12.1 Å². The van der Waals surface area contributed by atoms with Gasteiger partial charge in [-0.3, -0.25) is 14.5 Å². The van der Waals surface area contributed by atoms with Gasteiger partial charge in [0.1, 0.15) is 5.75 Å². The van der Waals surface area contributed by atoms with Crippen LogP contribution in [-0.4, -0.2) is 39.2 Å². The minimum atomic E-state index is -0.00963. The number of hydrogen-bond donors (Lipinski definition) is 0. The van der Waals surface area contributed by atoms with Crippen LogP contribution in [0.1, 0.15) is 40.6 Å². The van der Waals surface area contributed by atoms with Crippen molar-refractivity contribution in [2.24, 2.45) is 7.05 Å². The largest absolute Gasteiger partial charge is 0.497 e. The van der Waals surface area contributed by atoms with Gasteiger partial charge in [0.05, 0.1) is 30.6 Å². The Balaban J connectivity index is 1.65. The van der Waals surface area contributed by atoms with Gasteiger partial charge in [-0.2, -0.15) is 5.10 Å². The number of hydrogen-bond acceptors (Lipinski definition) is 4. The lowest BCUT2D eigenvalue weighted by Gasteiger charge is -2.24. The number of aryl methyl sites for hydroxylation is 2. The second-order valence-corrected chi connectivity index (χ2v) is 7.21. The first kappa shape index (κ1) is 18.2. The molecule has 6 nitrogen and oxygen atoms in total. The number of methoxy groups -OCH3 is 1. The van der Waals surface area contributed by atoms with E-state index in [0.717, 1.165) is 47.7 Å². The summed E-state index contributed by atoms with van der Waals surface area (Å²) in [6, 6.07) is 12.2. The van der Waals surface area contributed by atoms with E-state index in [4.69, 9.17) is 9.72 Å². The quantitative estimate of drug-likeness (QED) is 0.695. The molecule has 0 unspecified atom stereocenters. The van der Waals surface area contributed by atoms with Gasteiger partial charge < -0.3 is 9.64 Å². The van der Waals surface area contributed by atoms with Gasteiger partial charge in [-0.15, -0.1) is 0 Å². The highest BCUT2D eigenvalue weighted by molar-refractivity contribution is 5.94. The average molecular weight is 376 g/mol. The molecule has 0 saturated carbocycles. The van der Waals surface area contributed by atoms with Crippen LogP contribution in [0.3, 0.4) is 0 Å². The first-order chi connectivity index (χ1) is 13.5. The van der Waals surface area contributed by atoms with Crippen molar-refractivity contribution in [2.45, 2.75) is 25.8 Å². The second kappa shape index (κ2) is 7.46. The zero-order valence-corrected chi connectivity index (χ0v) is 16.4. The fraction of sp³-hybridized carbons (Fsp3) is 0.318. The van der Waals surface area contributed by atoms with Crippen LogP contribution < -0.4 is 4.74 Å². The number of amides is 1. The molecule has 28 heavy (non-hydrogen) atoms. The fourth-order valence-corrected chi connectivity index (χ4v) is 3.83. The summed E-state index contributed by atoms with van der Waals surface area (Å²) >= 11 is 0. The van der Waals surface area contributed by atoms with Gasteiger partial charge in [-0.25, -0.2) is 0 Å². The Hall–Kier alpha value is -3.15. The predicted molar refractivity (Wildman–Crippen MR) is 107 cm³/mol. The van der Waals surface area contributed by atoms with Crippen LogP contribution in [0.15, 0.2) is 48.8 Å². The van der Waals surface area contributed by atoms with Crippen molar-refractivity contribution in [3.63, 3.8) is 0 Å². The molecule has 0 bridgehead atoms. The van der Waals surface area contributed by atoms with Crippen molar-refractivity contribution < 1.29 is 9.53 Å². The summed E-state index contributed by atoms with van der Waals surface area (Å²) in [5.74, 6) is 0.851. The van der Waals surface area contributed by atoms with E-state index < -0.39 is 0 Å². The van der Waals surface area contributed by atoms with E-state index in [1.807, 2.05) is 43.1 Å². The molecule has 1 amide bonds. The molecular weight excluding hydrogens is 352 g/mol. The summed E-state index contributed by atoms with van der Waals surface area (Å²) in [4.78, 5) is 19.7. The van der Waals surface area contributed by atoms with E-state index in [1.54, 1.807) is 24.2 Å². The summed E-state index contributed by atoms with van der Waals surface area (Å²) in [5.41, 5.74) is 4.73. The molecule has 0 radical (unpaired) electrons. The van der Waals surface area contributed by atoms with E-state index in [0.29, 0.717) is 5.56 Å². The van der Waals surface area contributed by atoms with Crippen LogP contribution in [0.2, 0.25) is 0 Å². The summed E-state index contributed by atoms with van der Waals surface area (Å²) < 4.78 is 6.91. The minimum absolute atomic E-state index is 0.00963. The topological polar surface area (TPSA) is 60.2 Å². The van der Waals surface area contributed by atoms with E-state index in [2.05, 4.69) is 17.2 Å². The van der Waals surface area contributed by atoms with Crippen LogP contribution in [0.25, 0.3) is 11.1 Å². The molecule has 1 saturated heterocycles. The highest BCUT2D eigenvalue weighted by atomic mass is 16.5. The molecule has 1 fully saturated rings. The molecule has 0 N–H and O–H groups in total. The van der Waals surface area contributed by atoms with Gasteiger partial charge in [-0.05, 0) is 55.2 Å². The first-order valence-electron chi connectivity index (χ1n) is 9.48. The number of benzene rings is 1. The Morgan fingerprint density at radius 3 is 2.64 bits per heavy atom. The molecule has 1 aliphatic rings. The lowest BCUT2D eigenvalue weighted by atomic mass is 10.0. The lowest BCUT2D eigenvalue weighted by Crippen LogP contribution is -2.30. The molecule has 6 heteroatoms. The molecule has 3 aromatic rings. The minimum Gasteiger partial charge on any atom is -0.497 e. The van der Waals surface area contributed by atoms with E-state index in [1.165, 1.54) is 0 Å². The number of carbonyl (C=O) groups excluding carboxylic acids is 1. The SMILES string of the molecule is COc1ccc(-c2cc(C)nc([C@@H]3CCCN3C(=O)c3cnn(C)c3)c2)cc1. The van der Waals surface area contributed by atoms with Gasteiger partial charge >= 0.3 is 0 Å². The lowest BCUT2D eigenvalue weighted by molar-refractivity contribution is 0.0732. The summed E-state index contributed by atoms with van der Waals surface area (Å²) in [7, 11) is 3.49. The molecule has 0 spiro atoms. The monoisotopic (exact) mass is 376 g/mol. The zero-order valence-electron chi connectivity index (χ0n) is 16.4. The molecule has 144 valence electrons. The highest BCUT2D eigenvalue weighted by Gasteiger charge is 2.32. The molecule has 1 atom stereocenters. The Morgan fingerprint density at radius 2 is 1.96 bits per heavy atom. The standard InChI is InChI=1S/C22H24N4O2/c1-15-11-17(16-6-8-19(28-3)9-7-16)12-20(24-15)21-5-4-10-26(21)22(27)18-13-23-25(2)14-18/h6-9,11-14,21H,4-5,10H2,1-3H3/t21-/m0/s1. The molecule has 3 heterocycles. The van der Waals surface area contributed by atoms with Gasteiger partial charge in [0.15, 0.2) is 0 Å². The normalized spacial score (nSPS) is 16.4. The molecule has 4 rings (SSSR count). The molecule has 0 aliphatic carbocycles. The van der Waals surface area contributed by atoms with Gasteiger partial charge in [0.2, 0.25) is 0 Å². The molecule has 2 aromatic heterocycles. The van der Waals surface area contributed by atoms with E-state index in [9.17, 15) is 4.79 Å². The maximum Gasteiger partial charge on any atom is 0.257 e. The van der Waals surface area contributed by atoms with Gasteiger partial charge in [0.25, 0.3) is 5.91 Å². The predicted octanol–water partition coefficient (Wildman–Crippen LogP) is 3.78. The third-order valence-corrected chi connectivity index (χ3v) is 5.20. The number of rotatable bonds is 4. The fourth-order valence-electron chi connectivity index (χ4n) is 3.83. The van der Waals surface area contributed by atoms with Crippen molar-refractivity contribution in [3.8, 4) is 16.9 Å². The van der Waals surface area contributed by atoms with Crippen LogP contribution in [0, 0.1) is 6.92 Å². The zero-order chi connectivity index (χ0) is 19.7. The maximum absolute atomic E-state index is 13.0. The Bertz CT molecular complexity index is 994. The van der Waals surface area contributed by atoms with Crippen LogP contribution >= 0.6 is 0 Å². The number of pyridine rings is 1. The van der Waals surface area contributed by atoms with E-state index >= 15 is 0 Å². The Kier molecular flexibility index (Phi) is 4.86. The van der Waals surface area contributed by atoms with Gasteiger partial charge in [0, 0.05) is 25.5 Å². The first-order valence-corrected chi connectivity index (χ1v) is 9.48. The third kappa shape index (κ3) is 3.50. The Morgan fingerprint density at radius 1 is 1.18 bits per heavy atom. The van der Waals surface area contributed by atoms with Crippen LogP contribution in [-0.2, 0) is 7.05 Å². The molecule has 1 aromatic carbocycles. The van der Waals surface area contributed by atoms with Crippen molar-refractivity contribution in [1.29, 1.82) is 0 Å². The van der Waals surface area contributed by atoms with Crippen LogP contribution in [0.5, 0.6) is 5.75 Å². The number of ether oxygens (including phenoxy) is 1. The number of aromatic nitrogens is 3. The third-order valence-electron chi connectivity index (χ3n) is 5.20. The smallest absolute Gasteiger partial charge is 0.257 e. The number of likely N-dealkylation sites (tertiary alicyclic amines) is 1. The van der Waals surface area contributed by atoms with Crippen molar-refractivity contribution in [3.05, 3.63) is 65.7 Å². The average Bonchev–Trinajstić information content (AvgIpc) is 3.36. The number of carbonyl (C=O) groups is 1. The molecule has 1 aliphatic heterocycles. The maximum atomic E-state index is 13.0.